The van der Waals surface area contributed by atoms with Gasteiger partial charge in [-0.05, 0) is 43.3 Å². The number of benzene rings is 2. The molecule has 0 bridgehead atoms. The maximum absolute atomic E-state index is 13.4. The SMILES string of the molecule is CC(O/N=C/C(=O)Nc1ccc(F)cc1F)C(=O)Nc1ccc(Br)cc1. The Bertz CT molecular complexity index is 829. The second-order valence-corrected chi connectivity index (χ2v) is 6.01. The summed E-state index contributed by atoms with van der Waals surface area (Å²) in [7, 11) is 0. The summed E-state index contributed by atoms with van der Waals surface area (Å²) in [6, 6.07) is 9.63. The number of amides is 2. The van der Waals surface area contributed by atoms with Gasteiger partial charge in [0.15, 0.2) is 0 Å². The Morgan fingerprint density at radius 1 is 1.15 bits per heavy atom. The van der Waals surface area contributed by atoms with Crippen molar-refractivity contribution < 1.29 is 23.2 Å². The molecule has 0 aliphatic carbocycles. The fourth-order valence-corrected chi connectivity index (χ4v) is 2.01. The van der Waals surface area contributed by atoms with Gasteiger partial charge in [0.25, 0.3) is 11.8 Å². The fraction of sp³-hybridized carbons (Fsp3) is 0.118. The highest BCUT2D eigenvalue weighted by Crippen LogP contribution is 2.15. The molecule has 2 aromatic rings. The number of oxime groups is 1. The Hall–Kier alpha value is -2.81. The molecule has 2 aromatic carbocycles. The van der Waals surface area contributed by atoms with E-state index in [4.69, 9.17) is 4.84 Å². The van der Waals surface area contributed by atoms with Crippen molar-refractivity contribution >= 4 is 45.3 Å². The van der Waals surface area contributed by atoms with E-state index in [1.54, 1.807) is 24.3 Å². The molecule has 0 heterocycles. The minimum Gasteiger partial charge on any atom is -0.383 e. The van der Waals surface area contributed by atoms with Crippen molar-refractivity contribution in [1.82, 2.24) is 0 Å². The Morgan fingerprint density at radius 3 is 2.50 bits per heavy atom. The minimum atomic E-state index is -0.967. The van der Waals surface area contributed by atoms with E-state index in [9.17, 15) is 18.4 Å². The van der Waals surface area contributed by atoms with Crippen LogP contribution in [-0.4, -0.2) is 24.1 Å². The molecule has 0 saturated carbocycles. The third kappa shape index (κ3) is 5.92. The zero-order chi connectivity index (χ0) is 19.1. The molecule has 2 N–H and O–H groups in total. The molecule has 1 unspecified atom stereocenters. The molecule has 1 atom stereocenters. The van der Waals surface area contributed by atoms with Crippen LogP contribution in [0.3, 0.4) is 0 Å². The molecule has 26 heavy (non-hydrogen) atoms. The van der Waals surface area contributed by atoms with Gasteiger partial charge in [-0.1, -0.05) is 21.1 Å². The average Bonchev–Trinajstić information content (AvgIpc) is 2.59. The molecule has 2 rings (SSSR count). The topological polar surface area (TPSA) is 79.8 Å². The summed E-state index contributed by atoms with van der Waals surface area (Å²) in [5.74, 6) is -2.94. The molecule has 0 fully saturated rings. The lowest BCUT2D eigenvalue weighted by atomic mass is 10.3. The summed E-state index contributed by atoms with van der Waals surface area (Å²) in [6.07, 6.45) is -0.225. The normalized spacial score (nSPS) is 11.8. The van der Waals surface area contributed by atoms with Crippen molar-refractivity contribution in [3.05, 3.63) is 58.6 Å². The number of hydrogen-bond acceptors (Lipinski definition) is 4. The Kier molecular flexibility index (Phi) is 6.79. The number of hydrogen-bond donors (Lipinski definition) is 2. The summed E-state index contributed by atoms with van der Waals surface area (Å²) < 4.78 is 27.1. The highest BCUT2D eigenvalue weighted by Gasteiger charge is 2.14. The van der Waals surface area contributed by atoms with Crippen LogP contribution in [0.25, 0.3) is 0 Å². The maximum Gasteiger partial charge on any atom is 0.270 e. The van der Waals surface area contributed by atoms with Crippen LogP contribution in [0.5, 0.6) is 0 Å². The molecular weight excluding hydrogens is 412 g/mol. The van der Waals surface area contributed by atoms with Crippen LogP contribution in [0.15, 0.2) is 52.1 Å². The van der Waals surface area contributed by atoms with Crippen LogP contribution in [0.4, 0.5) is 20.2 Å². The van der Waals surface area contributed by atoms with Crippen molar-refractivity contribution in [2.24, 2.45) is 5.16 Å². The molecule has 0 aliphatic heterocycles. The molecule has 0 spiro atoms. The van der Waals surface area contributed by atoms with Gasteiger partial charge >= 0.3 is 0 Å². The number of nitrogens with zero attached hydrogens (tertiary/aromatic N) is 1. The first kappa shape index (κ1) is 19.5. The predicted molar refractivity (Wildman–Crippen MR) is 96.8 cm³/mol. The molecule has 136 valence electrons. The van der Waals surface area contributed by atoms with Crippen LogP contribution in [0, 0.1) is 11.6 Å². The number of carbonyl (C=O) groups is 2. The van der Waals surface area contributed by atoms with E-state index in [2.05, 4.69) is 31.7 Å². The average molecular weight is 426 g/mol. The highest BCUT2D eigenvalue weighted by atomic mass is 79.9. The van der Waals surface area contributed by atoms with Crippen molar-refractivity contribution in [1.29, 1.82) is 0 Å². The van der Waals surface area contributed by atoms with Gasteiger partial charge in [-0.25, -0.2) is 8.78 Å². The lowest BCUT2D eigenvalue weighted by molar-refractivity contribution is -0.126. The molecule has 0 radical (unpaired) electrons. The Labute approximate surface area is 156 Å². The smallest absolute Gasteiger partial charge is 0.270 e. The van der Waals surface area contributed by atoms with E-state index in [-0.39, 0.29) is 5.69 Å². The van der Waals surface area contributed by atoms with Crippen LogP contribution in [0.2, 0.25) is 0 Å². The third-order valence-corrected chi connectivity index (χ3v) is 3.59. The lowest BCUT2D eigenvalue weighted by Gasteiger charge is -2.10. The third-order valence-electron chi connectivity index (χ3n) is 3.06. The van der Waals surface area contributed by atoms with Crippen LogP contribution in [-0.2, 0) is 14.4 Å². The lowest BCUT2D eigenvalue weighted by Crippen LogP contribution is -2.26. The van der Waals surface area contributed by atoms with E-state index < -0.39 is 29.6 Å². The first-order valence-corrected chi connectivity index (χ1v) is 8.16. The summed E-state index contributed by atoms with van der Waals surface area (Å²) in [5, 5.41) is 8.18. The summed E-state index contributed by atoms with van der Waals surface area (Å²) >= 11 is 3.28. The van der Waals surface area contributed by atoms with Crippen LogP contribution in [0.1, 0.15) is 6.92 Å². The van der Waals surface area contributed by atoms with Crippen LogP contribution >= 0.6 is 15.9 Å². The summed E-state index contributed by atoms with van der Waals surface area (Å²) in [5.41, 5.74) is 0.367. The summed E-state index contributed by atoms with van der Waals surface area (Å²) in [6.45, 7) is 1.45. The molecule has 0 aromatic heterocycles. The second kappa shape index (κ2) is 9.04. The van der Waals surface area contributed by atoms with E-state index in [0.29, 0.717) is 11.8 Å². The second-order valence-electron chi connectivity index (χ2n) is 5.09. The largest absolute Gasteiger partial charge is 0.383 e. The van der Waals surface area contributed by atoms with Crippen molar-refractivity contribution in [3.8, 4) is 0 Å². The number of halogens is 3. The molecular formula is C17H14BrF2N3O3. The van der Waals surface area contributed by atoms with Crippen molar-refractivity contribution in [3.63, 3.8) is 0 Å². The number of rotatable bonds is 6. The monoisotopic (exact) mass is 425 g/mol. The molecule has 0 saturated heterocycles. The van der Waals surface area contributed by atoms with Crippen LogP contribution < -0.4 is 10.6 Å². The zero-order valence-corrected chi connectivity index (χ0v) is 15.1. The zero-order valence-electron chi connectivity index (χ0n) is 13.5. The van der Waals surface area contributed by atoms with Gasteiger partial charge in [0.05, 0.1) is 5.69 Å². The first-order chi connectivity index (χ1) is 12.3. The van der Waals surface area contributed by atoms with Crippen molar-refractivity contribution in [2.75, 3.05) is 10.6 Å². The standard InChI is InChI=1S/C17H14BrF2N3O3/c1-10(17(25)22-13-5-2-11(18)3-6-13)26-21-9-16(24)23-15-7-4-12(19)8-14(15)20/h2-10H,1H3,(H,22,25)(H,23,24)/b21-9+. The van der Waals surface area contributed by atoms with Gasteiger partial charge in [-0.3, -0.25) is 9.59 Å². The van der Waals surface area contributed by atoms with E-state index in [1.165, 1.54) is 6.92 Å². The quantitative estimate of drug-likeness (QED) is 0.546. The molecule has 2 amide bonds. The highest BCUT2D eigenvalue weighted by molar-refractivity contribution is 9.10. The van der Waals surface area contributed by atoms with Gasteiger partial charge in [-0.2, -0.15) is 0 Å². The van der Waals surface area contributed by atoms with E-state index in [0.717, 1.165) is 22.8 Å². The minimum absolute atomic E-state index is 0.205. The van der Waals surface area contributed by atoms with Gasteiger partial charge in [-0.15, -0.1) is 0 Å². The number of nitrogens with one attached hydrogen (secondary N) is 2. The summed E-state index contributed by atoms with van der Waals surface area (Å²) in [4.78, 5) is 28.4. The molecule has 0 aliphatic rings. The number of anilines is 2. The Morgan fingerprint density at radius 2 is 1.85 bits per heavy atom. The van der Waals surface area contributed by atoms with Gasteiger partial charge in [0.2, 0.25) is 6.10 Å². The van der Waals surface area contributed by atoms with Crippen molar-refractivity contribution in [2.45, 2.75) is 13.0 Å². The molecule has 9 heteroatoms. The maximum atomic E-state index is 13.4. The van der Waals surface area contributed by atoms with Gasteiger partial charge in [0, 0.05) is 16.2 Å². The Balaban J connectivity index is 1.83. The fourth-order valence-electron chi connectivity index (χ4n) is 1.75. The number of carbonyl (C=O) groups excluding carboxylic acids is 2. The first-order valence-electron chi connectivity index (χ1n) is 7.37. The molecule has 6 nitrogen and oxygen atoms in total. The van der Waals surface area contributed by atoms with Gasteiger partial charge in [0.1, 0.15) is 17.8 Å². The predicted octanol–water partition coefficient (Wildman–Crippen LogP) is 3.70. The van der Waals surface area contributed by atoms with E-state index >= 15 is 0 Å². The van der Waals surface area contributed by atoms with E-state index in [1.807, 2.05) is 0 Å². The van der Waals surface area contributed by atoms with Gasteiger partial charge < -0.3 is 15.5 Å².